The zero-order chi connectivity index (χ0) is 20.8. The van der Waals surface area contributed by atoms with Gasteiger partial charge in [0.2, 0.25) is 0 Å². The number of furan rings is 1. The number of thioether (sulfide) groups is 1. The number of hydrogen-bond donors (Lipinski definition) is 2. The number of benzene rings is 1. The molecule has 1 unspecified atom stereocenters. The van der Waals surface area contributed by atoms with E-state index in [0.29, 0.717) is 11.5 Å². The lowest BCUT2D eigenvalue weighted by molar-refractivity contribution is -0.128. The third kappa shape index (κ3) is 5.38. The number of hydrogen-bond acceptors (Lipinski definition) is 6. The minimum Gasteiger partial charge on any atom is -0.478 e. The lowest BCUT2D eigenvalue weighted by atomic mass is 10.3. The van der Waals surface area contributed by atoms with Crippen LogP contribution in [-0.4, -0.2) is 27.5 Å². The van der Waals surface area contributed by atoms with E-state index in [1.54, 1.807) is 18.3 Å². The van der Waals surface area contributed by atoms with E-state index in [2.05, 4.69) is 15.8 Å². The second-order valence-electron chi connectivity index (χ2n) is 6.01. The van der Waals surface area contributed by atoms with Gasteiger partial charge in [0.15, 0.2) is 28.6 Å². The molecule has 0 aliphatic rings. The molecule has 1 aromatic carbocycles. The van der Waals surface area contributed by atoms with Crippen molar-refractivity contribution in [1.29, 1.82) is 0 Å². The van der Waals surface area contributed by atoms with Gasteiger partial charge in [-0.05, 0) is 31.2 Å². The summed E-state index contributed by atoms with van der Waals surface area (Å²) in [6.45, 7) is 1.44. The van der Waals surface area contributed by atoms with E-state index in [1.165, 1.54) is 43.0 Å². The number of aromatic nitrogens is 2. The van der Waals surface area contributed by atoms with Gasteiger partial charge in [-0.3, -0.25) is 20.4 Å². The average Bonchev–Trinajstić information content (AvgIpc) is 3.34. The molecular formula is C19H19FN4O4S. The predicted molar refractivity (Wildman–Crippen MR) is 104 cm³/mol. The number of ether oxygens (including phenoxy) is 1. The minimum absolute atomic E-state index is 0.0448. The Morgan fingerprint density at radius 2 is 2.07 bits per heavy atom. The molecule has 29 heavy (non-hydrogen) atoms. The molecule has 2 heterocycles. The zero-order valence-corrected chi connectivity index (χ0v) is 16.5. The molecule has 1 atom stereocenters. The van der Waals surface area contributed by atoms with Gasteiger partial charge >= 0.3 is 5.91 Å². The number of amides is 2. The van der Waals surface area contributed by atoms with Crippen LogP contribution < -0.4 is 15.6 Å². The highest BCUT2D eigenvalue weighted by Gasteiger charge is 2.18. The lowest BCUT2D eigenvalue weighted by Gasteiger charge is -2.15. The minimum atomic E-state index is -1.02. The Hall–Kier alpha value is -3.27. The quantitative estimate of drug-likeness (QED) is 0.452. The van der Waals surface area contributed by atoms with Crippen LogP contribution in [0.5, 0.6) is 5.75 Å². The fourth-order valence-corrected chi connectivity index (χ4v) is 3.10. The van der Waals surface area contributed by atoms with Gasteiger partial charge in [0.1, 0.15) is 5.76 Å². The summed E-state index contributed by atoms with van der Waals surface area (Å²) in [6, 6.07) is 8.92. The van der Waals surface area contributed by atoms with Crippen LogP contribution in [-0.2, 0) is 17.6 Å². The molecule has 0 aliphatic carbocycles. The number of aryl methyl sites for hydroxylation is 1. The van der Waals surface area contributed by atoms with Crippen LogP contribution in [0.4, 0.5) is 4.39 Å². The molecule has 0 bridgehead atoms. The molecule has 0 aliphatic heterocycles. The third-order valence-corrected chi connectivity index (χ3v) is 4.90. The summed E-state index contributed by atoms with van der Waals surface area (Å²) >= 11 is 1.47. The first-order chi connectivity index (χ1) is 13.9. The predicted octanol–water partition coefficient (Wildman–Crippen LogP) is 2.67. The van der Waals surface area contributed by atoms with E-state index in [9.17, 15) is 14.0 Å². The van der Waals surface area contributed by atoms with Crippen molar-refractivity contribution in [3.63, 3.8) is 0 Å². The van der Waals surface area contributed by atoms with Gasteiger partial charge in [-0.15, -0.1) is 0 Å². The Morgan fingerprint density at radius 1 is 1.28 bits per heavy atom. The number of nitrogens with zero attached hydrogens (tertiary/aromatic N) is 2. The van der Waals surface area contributed by atoms with E-state index < -0.39 is 23.7 Å². The molecule has 3 aromatic rings. The molecule has 10 heteroatoms. The van der Waals surface area contributed by atoms with Crippen molar-refractivity contribution >= 4 is 23.6 Å². The first kappa shape index (κ1) is 20.5. The van der Waals surface area contributed by atoms with Gasteiger partial charge in [0, 0.05) is 19.4 Å². The van der Waals surface area contributed by atoms with Crippen molar-refractivity contribution in [3.8, 4) is 5.75 Å². The maximum Gasteiger partial charge on any atom is 0.305 e. The van der Waals surface area contributed by atoms with E-state index in [1.807, 2.05) is 17.8 Å². The van der Waals surface area contributed by atoms with Crippen molar-refractivity contribution in [2.45, 2.75) is 23.9 Å². The molecule has 2 N–H and O–H groups in total. The second-order valence-corrected chi connectivity index (χ2v) is 6.95. The van der Waals surface area contributed by atoms with Crippen LogP contribution in [0.2, 0.25) is 0 Å². The fraction of sp³-hybridized carbons (Fsp3) is 0.211. The molecule has 0 fully saturated rings. The van der Waals surface area contributed by atoms with E-state index in [-0.39, 0.29) is 11.5 Å². The van der Waals surface area contributed by atoms with Gasteiger partial charge in [0.05, 0.1) is 5.75 Å². The smallest absolute Gasteiger partial charge is 0.305 e. The van der Waals surface area contributed by atoms with Gasteiger partial charge in [-0.25, -0.2) is 9.37 Å². The lowest BCUT2D eigenvalue weighted by Crippen LogP contribution is -2.47. The Labute approximate surface area is 170 Å². The maximum atomic E-state index is 13.6. The highest BCUT2D eigenvalue weighted by molar-refractivity contribution is 7.98. The van der Waals surface area contributed by atoms with Gasteiger partial charge in [-0.1, -0.05) is 23.9 Å². The normalized spacial score (nSPS) is 11.7. The topological polar surface area (TPSA) is 98.4 Å². The summed E-state index contributed by atoms with van der Waals surface area (Å²) in [4.78, 5) is 28.4. The van der Waals surface area contributed by atoms with Crippen LogP contribution in [0.15, 0.2) is 58.4 Å². The van der Waals surface area contributed by atoms with Crippen molar-refractivity contribution in [2.75, 3.05) is 0 Å². The van der Waals surface area contributed by atoms with Crippen molar-refractivity contribution in [3.05, 3.63) is 66.1 Å². The highest BCUT2D eigenvalue weighted by atomic mass is 32.2. The number of carbonyl (C=O) groups is 2. The van der Waals surface area contributed by atoms with Gasteiger partial charge in [-0.2, -0.15) is 0 Å². The summed E-state index contributed by atoms with van der Waals surface area (Å²) in [7, 11) is 1.88. The number of rotatable bonds is 7. The van der Waals surface area contributed by atoms with Crippen molar-refractivity contribution < 1.29 is 23.1 Å². The van der Waals surface area contributed by atoms with Gasteiger partial charge < -0.3 is 13.7 Å². The molecule has 0 spiro atoms. The fourth-order valence-electron chi connectivity index (χ4n) is 2.27. The average molecular weight is 418 g/mol. The van der Waals surface area contributed by atoms with Gasteiger partial charge in [0.25, 0.3) is 5.91 Å². The molecule has 2 amide bonds. The van der Waals surface area contributed by atoms with Crippen LogP contribution in [0, 0.1) is 5.82 Å². The Morgan fingerprint density at radius 3 is 2.79 bits per heavy atom. The monoisotopic (exact) mass is 418 g/mol. The Bertz CT molecular complexity index is 1000. The number of hydrazine groups is 1. The Kier molecular flexibility index (Phi) is 6.55. The second kappa shape index (κ2) is 9.28. The molecule has 0 saturated carbocycles. The first-order valence-corrected chi connectivity index (χ1v) is 9.63. The molecule has 8 nitrogen and oxygen atoms in total. The van der Waals surface area contributed by atoms with E-state index in [0.717, 1.165) is 5.16 Å². The van der Waals surface area contributed by atoms with Crippen LogP contribution in [0.25, 0.3) is 0 Å². The van der Waals surface area contributed by atoms with Crippen molar-refractivity contribution in [2.24, 2.45) is 7.05 Å². The first-order valence-electron chi connectivity index (χ1n) is 8.64. The van der Waals surface area contributed by atoms with E-state index >= 15 is 0 Å². The standard InChI is InChI=1S/C19H19FN4O4S/c1-12(27-15-6-4-3-5-14(15)20)17(25)22-23-18(26)16-8-7-13(28-16)11-29-19-21-9-10-24(19)2/h3-10,12H,11H2,1-2H3,(H,22,25)(H,23,26). The van der Waals surface area contributed by atoms with E-state index in [4.69, 9.17) is 9.15 Å². The highest BCUT2D eigenvalue weighted by Crippen LogP contribution is 2.22. The number of halogens is 1. The molecule has 152 valence electrons. The van der Waals surface area contributed by atoms with Crippen LogP contribution >= 0.6 is 11.8 Å². The molecular weight excluding hydrogens is 399 g/mol. The largest absolute Gasteiger partial charge is 0.478 e. The number of nitrogens with one attached hydrogen (secondary N) is 2. The summed E-state index contributed by atoms with van der Waals surface area (Å²) in [5, 5.41) is 0.823. The summed E-state index contributed by atoms with van der Waals surface area (Å²) < 4.78 is 26.2. The summed E-state index contributed by atoms with van der Waals surface area (Å²) in [6.07, 6.45) is 2.51. The molecule has 3 rings (SSSR count). The molecule has 2 aromatic heterocycles. The van der Waals surface area contributed by atoms with Crippen LogP contribution in [0.1, 0.15) is 23.2 Å². The summed E-state index contributed by atoms with van der Waals surface area (Å²) in [5.41, 5.74) is 4.47. The summed E-state index contributed by atoms with van der Waals surface area (Å²) in [5.74, 6) is -0.763. The third-order valence-electron chi connectivity index (χ3n) is 3.81. The Balaban J connectivity index is 1.47. The van der Waals surface area contributed by atoms with Crippen molar-refractivity contribution in [1.82, 2.24) is 20.4 Å². The SMILES string of the molecule is CC(Oc1ccccc1F)C(=O)NNC(=O)c1ccc(CSc2nccn2C)o1. The maximum absolute atomic E-state index is 13.6. The molecule has 0 saturated heterocycles. The number of imidazole rings is 1. The number of carbonyl (C=O) groups excluding carboxylic acids is 2. The van der Waals surface area contributed by atoms with Crippen LogP contribution in [0.3, 0.4) is 0 Å². The zero-order valence-electron chi connectivity index (χ0n) is 15.7. The number of para-hydroxylation sites is 1. The molecule has 0 radical (unpaired) electrons.